The van der Waals surface area contributed by atoms with E-state index < -0.39 is 0 Å². The first kappa shape index (κ1) is 15.3. The van der Waals surface area contributed by atoms with Crippen LogP contribution in [0.1, 0.15) is 42.5 Å². The molecule has 4 nitrogen and oxygen atoms in total. The lowest BCUT2D eigenvalue weighted by molar-refractivity contribution is 0.0180. The number of para-hydroxylation sites is 1. The number of amides is 1. The van der Waals surface area contributed by atoms with Crippen molar-refractivity contribution in [3.63, 3.8) is 0 Å². The van der Waals surface area contributed by atoms with Gasteiger partial charge in [-0.25, -0.2) is 0 Å². The number of benzene rings is 1. The van der Waals surface area contributed by atoms with Gasteiger partial charge in [0.15, 0.2) is 0 Å². The van der Waals surface area contributed by atoms with E-state index in [-0.39, 0.29) is 11.3 Å². The van der Waals surface area contributed by atoms with Crippen LogP contribution in [-0.4, -0.2) is 39.3 Å². The Balaban J connectivity index is 1.67. The molecule has 1 N–H and O–H groups in total. The molecule has 2 aliphatic rings. The first-order chi connectivity index (χ1) is 10.7. The number of rotatable bonds is 6. The van der Waals surface area contributed by atoms with E-state index in [0.29, 0.717) is 6.54 Å². The molecule has 1 saturated heterocycles. The summed E-state index contributed by atoms with van der Waals surface area (Å²) in [6.07, 6.45) is 5.97. The number of anilines is 1. The Kier molecular flexibility index (Phi) is 4.67. The van der Waals surface area contributed by atoms with Crippen LogP contribution in [0.5, 0.6) is 0 Å². The zero-order chi connectivity index (χ0) is 15.4. The number of hydrogen-bond donors (Lipinski definition) is 1. The van der Waals surface area contributed by atoms with E-state index in [1.807, 2.05) is 18.2 Å². The zero-order valence-corrected chi connectivity index (χ0v) is 13.4. The van der Waals surface area contributed by atoms with Gasteiger partial charge in [0.05, 0.1) is 12.2 Å². The summed E-state index contributed by atoms with van der Waals surface area (Å²) in [4.78, 5) is 15.0. The van der Waals surface area contributed by atoms with Crippen LogP contribution in [0.15, 0.2) is 24.3 Å². The van der Waals surface area contributed by atoms with Gasteiger partial charge in [0, 0.05) is 37.8 Å². The lowest BCUT2D eigenvalue weighted by Crippen LogP contribution is -2.45. The number of hydrogen-bond acceptors (Lipinski definition) is 3. The maximum absolute atomic E-state index is 12.6. The van der Waals surface area contributed by atoms with Crippen molar-refractivity contribution < 1.29 is 9.53 Å². The van der Waals surface area contributed by atoms with Gasteiger partial charge in [-0.15, -0.1) is 0 Å². The van der Waals surface area contributed by atoms with Crippen LogP contribution in [0.2, 0.25) is 0 Å². The Hall–Kier alpha value is -1.55. The SMILES string of the molecule is COCC1(CNC(=O)c2ccccc2N2CCCC2)CCC1. The topological polar surface area (TPSA) is 41.6 Å². The van der Waals surface area contributed by atoms with E-state index in [1.54, 1.807) is 7.11 Å². The molecule has 22 heavy (non-hydrogen) atoms. The van der Waals surface area contributed by atoms with Crippen molar-refractivity contribution in [1.82, 2.24) is 5.32 Å². The van der Waals surface area contributed by atoms with Crippen LogP contribution in [-0.2, 0) is 4.74 Å². The molecule has 0 unspecified atom stereocenters. The standard InChI is InChI=1S/C18H26N2O2/c1-22-14-18(9-6-10-18)13-19-17(21)15-7-2-3-8-16(15)20-11-4-5-12-20/h2-3,7-8H,4-6,9-14H2,1H3,(H,19,21). The predicted molar refractivity (Wildman–Crippen MR) is 88.4 cm³/mol. The van der Waals surface area contributed by atoms with Gasteiger partial charge in [0.1, 0.15) is 0 Å². The number of methoxy groups -OCH3 is 1. The molecule has 0 aromatic heterocycles. The third-order valence-electron chi connectivity index (χ3n) is 5.08. The molecule has 0 bridgehead atoms. The maximum atomic E-state index is 12.6. The van der Waals surface area contributed by atoms with Crippen LogP contribution in [0.3, 0.4) is 0 Å². The minimum absolute atomic E-state index is 0.0462. The normalized spacial score (nSPS) is 19.8. The van der Waals surface area contributed by atoms with E-state index in [9.17, 15) is 4.79 Å². The van der Waals surface area contributed by atoms with Gasteiger partial charge in [-0.05, 0) is 37.8 Å². The van der Waals surface area contributed by atoms with Gasteiger partial charge in [0.25, 0.3) is 5.91 Å². The lowest BCUT2D eigenvalue weighted by atomic mass is 9.69. The van der Waals surface area contributed by atoms with Crippen LogP contribution in [0, 0.1) is 5.41 Å². The van der Waals surface area contributed by atoms with E-state index in [1.165, 1.54) is 19.3 Å². The van der Waals surface area contributed by atoms with Gasteiger partial charge < -0.3 is 15.0 Å². The number of carbonyl (C=O) groups is 1. The van der Waals surface area contributed by atoms with Crippen molar-refractivity contribution in [2.24, 2.45) is 5.41 Å². The van der Waals surface area contributed by atoms with E-state index >= 15 is 0 Å². The van der Waals surface area contributed by atoms with Crippen molar-refractivity contribution in [2.75, 3.05) is 38.3 Å². The number of nitrogens with one attached hydrogen (secondary N) is 1. The molecule has 2 fully saturated rings. The summed E-state index contributed by atoms with van der Waals surface area (Å²) in [5.74, 6) is 0.0462. The quantitative estimate of drug-likeness (QED) is 0.878. The molecule has 1 amide bonds. The summed E-state index contributed by atoms with van der Waals surface area (Å²) in [7, 11) is 1.74. The van der Waals surface area contributed by atoms with E-state index in [0.717, 1.165) is 43.8 Å². The molecule has 0 atom stereocenters. The minimum atomic E-state index is 0.0462. The van der Waals surface area contributed by atoms with Crippen LogP contribution >= 0.6 is 0 Å². The summed E-state index contributed by atoms with van der Waals surface area (Å²) in [5, 5.41) is 3.14. The summed E-state index contributed by atoms with van der Waals surface area (Å²) < 4.78 is 5.33. The van der Waals surface area contributed by atoms with Crippen LogP contribution < -0.4 is 10.2 Å². The van der Waals surface area contributed by atoms with Gasteiger partial charge in [-0.3, -0.25) is 4.79 Å². The highest BCUT2D eigenvalue weighted by Gasteiger charge is 2.37. The van der Waals surface area contributed by atoms with Crippen molar-refractivity contribution >= 4 is 11.6 Å². The average Bonchev–Trinajstić information content (AvgIpc) is 3.03. The maximum Gasteiger partial charge on any atom is 0.253 e. The van der Waals surface area contributed by atoms with Crippen molar-refractivity contribution in [1.29, 1.82) is 0 Å². The first-order valence-corrected chi connectivity index (χ1v) is 8.35. The molecular formula is C18H26N2O2. The Labute approximate surface area is 132 Å². The van der Waals surface area contributed by atoms with Gasteiger partial charge in [0.2, 0.25) is 0 Å². The van der Waals surface area contributed by atoms with Crippen molar-refractivity contribution in [2.45, 2.75) is 32.1 Å². The summed E-state index contributed by atoms with van der Waals surface area (Å²) in [5.41, 5.74) is 2.04. The molecular weight excluding hydrogens is 276 g/mol. The van der Waals surface area contributed by atoms with Crippen LogP contribution in [0.25, 0.3) is 0 Å². The molecule has 1 aliphatic heterocycles. The van der Waals surface area contributed by atoms with Crippen molar-refractivity contribution in [3.8, 4) is 0 Å². The number of nitrogens with zero attached hydrogens (tertiary/aromatic N) is 1. The summed E-state index contributed by atoms with van der Waals surface area (Å²) in [6.45, 7) is 3.56. The zero-order valence-electron chi connectivity index (χ0n) is 13.4. The molecule has 3 rings (SSSR count). The Morgan fingerprint density at radius 3 is 2.59 bits per heavy atom. The van der Waals surface area contributed by atoms with Gasteiger partial charge >= 0.3 is 0 Å². The highest BCUT2D eigenvalue weighted by molar-refractivity contribution is 5.99. The fourth-order valence-electron chi connectivity index (χ4n) is 3.62. The molecule has 0 spiro atoms. The summed E-state index contributed by atoms with van der Waals surface area (Å²) in [6, 6.07) is 7.97. The number of carbonyl (C=O) groups excluding carboxylic acids is 1. The van der Waals surface area contributed by atoms with Gasteiger partial charge in [-0.1, -0.05) is 18.6 Å². The Bertz CT molecular complexity index is 520. The second kappa shape index (κ2) is 6.69. The molecule has 1 saturated carbocycles. The molecule has 1 aliphatic carbocycles. The minimum Gasteiger partial charge on any atom is -0.384 e. The Morgan fingerprint density at radius 1 is 1.23 bits per heavy atom. The Morgan fingerprint density at radius 2 is 1.95 bits per heavy atom. The molecule has 1 aromatic carbocycles. The fraction of sp³-hybridized carbons (Fsp3) is 0.611. The fourth-order valence-corrected chi connectivity index (χ4v) is 3.62. The highest BCUT2D eigenvalue weighted by Crippen LogP contribution is 2.40. The summed E-state index contributed by atoms with van der Waals surface area (Å²) >= 11 is 0. The second-order valence-corrected chi connectivity index (χ2v) is 6.68. The highest BCUT2D eigenvalue weighted by atomic mass is 16.5. The average molecular weight is 302 g/mol. The smallest absolute Gasteiger partial charge is 0.253 e. The van der Waals surface area contributed by atoms with Gasteiger partial charge in [-0.2, -0.15) is 0 Å². The van der Waals surface area contributed by atoms with Crippen LogP contribution in [0.4, 0.5) is 5.69 Å². The van der Waals surface area contributed by atoms with E-state index in [2.05, 4.69) is 16.3 Å². The third kappa shape index (κ3) is 3.12. The van der Waals surface area contributed by atoms with Crippen molar-refractivity contribution in [3.05, 3.63) is 29.8 Å². The first-order valence-electron chi connectivity index (χ1n) is 8.35. The van der Waals surface area contributed by atoms with E-state index in [4.69, 9.17) is 4.74 Å². The monoisotopic (exact) mass is 302 g/mol. The third-order valence-corrected chi connectivity index (χ3v) is 5.08. The second-order valence-electron chi connectivity index (χ2n) is 6.68. The largest absolute Gasteiger partial charge is 0.384 e. The predicted octanol–water partition coefficient (Wildman–Crippen LogP) is 2.83. The number of ether oxygens (including phenoxy) is 1. The molecule has 1 aromatic rings. The molecule has 120 valence electrons. The molecule has 0 radical (unpaired) electrons. The molecule has 4 heteroatoms. The molecule has 1 heterocycles. The lowest BCUT2D eigenvalue weighted by Gasteiger charge is -2.41.